The molecule has 2 aliphatic rings. The summed E-state index contributed by atoms with van der Waals surface area (Å²) in [5.41, 5.74) is 10.2. The van der Waals surface area contributed by atoms with Crippen LogP contribution in [0.2, 0.25) is 10.0 Å². The third kappa shape index (κ3) is 8.51. The van der Waals surface area contributed by atoms with Crippen LogP contribution in [0.25, 0.3) is 44.1 Å². The molecule has 1 aliphatic heterocycles. The van der Waals surface area contributed by atoms with Gasteiger partial charge in [-0.1, -0.05) is 111 Å². The third-order valence-electron chi connectivity index (χ3n) is 11.2. The molecule has 0 N–H and O–H groups in total. The van der Waals surface area contributed by atoms with Crippen LogP contribution in [-0.4, -0.2) is 35.8 Å². The molecule has 0 fully saturated rings. The molecule has 6 aromatic rings. The monoisotopic (exact) mass is 824 g/mol. The zero-order chi connectivity index (χ0) is 41.1. The lowest BCUT2D eigenvalue weighted by Gasteiger charge is -2.27. The van der Waals surface area contributed by atoms with E-state index in [1.54, 1.807) is 7.11 Å². The molecule has 300 valence electrons. The van der Waals surface area contributed by atoms with Crippen LogP contribution in [0.4, 0.5) is 23.0 Å². The van der Waals surface area contributed by atoms with E-state index >= 15 is 0 Å². The van der Waals surface area contributed by atoms with Crippen LogP contribution in [0.1, 0.15) is 70.4 Å². The molecule has 0 saturated carbocycles. The highest BCUT2D eigenvalue weighted by Crippen LogP contribution is 2.42. The molecule has 2 heterocycles. The number of aryl methyl sites for hydroxylation is 1. The summed E-state index contributed by atoms with van der Waals surface area (Å²) in [4.78, 5) is 0. The van der Waals surface area contributed by atoms with E-state index in [0.717, 1.165) is 78.2 Å². The zero-order valence-corrected chi connectivity index (χ0v) is 34.8. The largest absolute Gasteiger partial charge is 0.673 e. The molecular formula is C48H47BCl2F4N2O. The lowest BCUT2D eigenvalue weighted by atomic mass is 9.78. The van der Waals surface area contributed by atoms with Gasteiger partial charge in [0.2, 0.25) is 11.4 Å². The number of ether oxygens (including phenoxy) is 1. The van der Waals surface area contributed by atoms with E-state index in [-0.39, 0.29) is 0 Å². The Morgan fingerprint density at radius 1 is 0.776 bits per heavy atom. The van der Waals surface area contributed by atoms with E-state index in [1.807, 2.05) is 0 Å². The third-order valence-corrected chi connectivity index (χ3v) is 11.8. The molecule has 5 aromatic carbocycles. The second-order valence-corrected chi connectivity index (χ2v) is 16.0. The van der Waals surface area contributed by atoms with Gasteiger partial charge in [-0.2, -0.15) is 4.58 Å². The maximum atomic E-state index is 9.75. The minimum Gasteiger partial charge on any atom is -0.497 e. The van der Waals surface area contributed by atoms with Crippen molar-refractivity contribution >= 4 is 86.0 Å². The molecule has 1 atom stereocenters. The van der Waals surface area contributed by atoms with Crippen molar-refractivity contribution in [1.82, 2.24) is 4.57 Å². The number of methoxy groups -OCH3 is 1. The number of nitrogens with zero attached hydrogens (tertiary/aromatic N) is 2. The minimum absolute atomic E-state index is 0.490. The van der Waals surface area contributed by atoms with E-state index < -0.39 is 7.25 Å². The highest BCUT2D eigenvalue weighted by Gasteiger charge is 2.31. The summed E-state index contributed by atoms with van der Waals surface area (Å²) < 4.78 is 49.6. The average molecular weight is 826 g/mol. The maximum absolute atomic E-state index is 9.75. The summed E-state index contributed by atoms with van der Waals surface area (Å²) in [5.74, 6) is 1.35. The van der Waals surface area contributed by atoms with Gasteiger partial charge in [-0.05, 0) is 89.9 Å². The Balaban J connectivity index is 0.000000966. The summed E-state index contributed by atoms with van der Waals surface area (Å²) in [5, 5.41) is 8.86. The van der Waals surface area contributed by atoms with Gasteiger partial charge in [0, 0.05) is 67.6 Å². The smallest absolute Gasteiger partial charge is 0.497 e. The maximum Gasteiger partial charge on any atom is 0.673 e. The molecule has 0 saturated heterocycles. The standard InChI is InChI=1S/C48H47Cl2N2O.BF4/c1-5-7-27-51-42(38-13-9-11-36-40(49)21-25-44(51)47(36)38)23-17-33-29-31(3)30-34(46(33)32-15-19-35(53-4)20-16-32)18-24-43-39-14-10-12-37-41(50)22-26-45(48(37)39)52(43)28-8-6-2;2-1(3,4)5/h9-26,31H,5-8,27-30H2,1-4H3;/q+1;-1. The number of halogens is 6. The van der Waals surface area contributed by atoms with Gasteiger partial charge >= 0.3 is 7.25 Å². The van der Waals surface area contributed by atoms with Crippen LogP contribution in [0.5, 0.6) is 5.75 Å². The van der Waals surface area contributed by atoms with Crippen molar-refractivity contribution in [2.75, 3.05) is 13.7 Å². The second kappa shape index (κ2) is 17.6. The van der Waals surface area contributed by atoms with E-state index in [1.165, 1.54) is 66.3 Å². The molecule has 0 bridgehead atoms. The van der Waals surface area contributed by atoms with Gasteiger partial charge in [0.25, 0.3) is 0 Å². The van der Waals surface area contributed by atoms with Crippen LogP contribution in [0.15, 0.2) is 114 Å². The van der Waals surface area contributed by atoms with Crippen molar-refractivity contribution in [3.05, 3.63) is 141 Å². The lowest BCUT2D eigenvalue weighted by Crippen LogP contribution is -2.16. The van der Waals surface area contributed by atoms with Crippen molar-refractivity contribution in [2.24, 2.45) is 5.92 Å². The first-order valence-corrected chi connectivity index (χ1v) is 20.9. The fourth-order valence-corrected chi connectivity index (χ4v) is 9.07. The Hall–Kier alpha value is -4.79. The summed E-state index contributed by atoms with van der Waals surface area (Å²) >= 11 is 13.5. The number of benzene rings is 5. The lowest BCUT2D eigenvalue weighted by molar-refractivity contribution is -0.436. The first-order chi connectivity index (χ1) is 27.9. The van der Waals surface area contributed by atoms with Crippen LogP contribution < -0.4 is 10.1 Å². The number of allylic oxidation sites excluding steroid dienone is 6. The van der Waals surface area contributed by atoms with Crippen LogP contribution in [-0.2, 0) is 6.54 Å². The van der Waals surface area contributed by atoms with Crippen LogP contribution in [0, 0.1) is 5.92 Å². The average Bonchev–Trinajstić information content (AvgIpc) is 3.68. The fraction of sp³-hybridized carbons (Fsp3) is 0.271. The fourth-order valence-electron chi connectivity index (χ4n) is 8.63. The Labute approximate surface area is 347 Å². The van der Waals surface area contributed by atoms with Crippen molar-refractivity contribution in [3.8, 4) is 5.75 Å². The normalized spacial score (nSPS) is 16.8. The summed E-state index contributed by atoms with van der Waals surface area (Å²) in [7, 11) is -4.27. The predicted octanol–water partition coefficient (Wildman–Crippen LogP) is 14.2. The van der Waals surface area contributed by atoms with Gasteiger partial charge in [-0.3, -0.25) is 0 Å². The molecule has 1 aliphatic carbocycles. The molecule has 0 radical (unpaired) electrons. The first kappa shape index (κ1) is 41.4. The highest BCUT2D eigenvalue weighted by atomic mass is 35.5. The number of aromatic nitrogens is 1. The summed E-state index contributed by atoms with van der Waals surface area (Å²) in [6, 6.07) is 30.2. The molecule has 0 amide bonds. The van der Waals surface area contributed by atoms with Gasteiger partial charge in [-0.25, -0.2) is 0 Å². The van der Waals surface area contributed by atoms with Crippen molar-refractivity contribution in [1.29, 1.82) is 0 Å². The second-order valence-electron chi connectivity index (χ2n) is 15.2. The SMILES string of the molecule is CCCCn1/c(=C/C=C2\CC(C)CC(/C=C/C3=[N+](CCCC)c4ccc(Cl)c5cccc3c45)=C2c2ccc(OC)cc2)c2cccc3c(Cl)ccc1c32.F[B-](F)(F)F. The highest BCUT2D eigenvalue weighted by molar-refractivity contribution is 6.50. The minimum atomic E-state index is -6.00. The predicted molar refractivity (Wildman–Crippen MR) is 238 cm³/mol. The van der Waals surface area contributed by atoms with Gasteiger partial charge in [0.15, 0.2) is 0 Å². The Kier molecular flexibility index (Phi) is 12.6. The quantitative estimate of drug-likeness (QED) is 0.0723. The number of hydrogen-bond donors (Lipinski definition) is 0. The van der Waals surface area contributed by atoms with E-state index in [0.29, 0.717) is 5.92 Å². The van der Waals surface area contributed by atoms with Gasteiger partial charge in [0.1, 0.15) is 12.3 Å². The first-order valence-electron chi connectivity index (χ1n) is 20.1. The Morgan fingerprint density at radius 2 is 1.43 bits per heavy atom. The molecule has 58 heavy (non-hydrogen) atoms. The van der Waals surface area contributed by atoms with Gasteiger partial charge in [0.05, 0.1) is 18.1 Å². The molecule has 1 aromatic heterocycles. The van der Waals surface area contributed by atoms with E-state index in [2.05, 4.69) is 139 Å². The van der Waals surface area contributed by atoms with Gasteiger partial charge in [-0.15, -0.1) is 0 Å². The Morgan fingerprint density at radius 3 is 2.12 bits per heavy atom. The van der Waals surface area contributed by atoms with Crippen molar-refractivity contribution in [2.45, 2.75) is 65.8 Å². The molecule has 10 heteroatoms. The van der Waals surface area contributed by atoms with Crippen molar-refractivity contribution in [3.63, 3.8) is 0 Å². The molecular weight excluding hydrogens is 778 g/mol. The topological polar surface area (TPSA) is 17.2 Å². The molecule has 8 rings (SSSR count). The van der Waals surface area contributed by atoms with E-state index in [4.69, 9.17) is 27.9 Å². The summed E-state index contributed by atoms with van der Waals surface area (Å²) in [6.07, 6.45) is 16.1. The van der Waals surface area contributed by atoms with E-state index in [9.17, 15) is 17.3 Å². The molecule has 3 nitrogen and oxygen atoms in total. The van der Waals surface area contributed by atoms with Crippen LogP contribution in [0.3, 0.4) is 0 Å². The zero-order valence-electron chi connectivity index (χ0n) is 33.3. The Bertz CT molecular complexity index is 2670. The number of hydrogen-bond acceptors (Lipinski definition) is 1. The van der Waals surface area contributed by atoms with Crippen molar-refractivity contribution < 1.29 is 26.6 Å². The van der Waals surface area contributed by atoms with Crippen LogP contribution >= 0.6 is 23.2 Å². The number of rotatable bonds is 11. The number of unbranched alkanes of at least 4 members (excludes halogenated alkanes) is 2. The van der Waals surface area contributed by atoms with Gasteiger partial charge < -0.3 is 26.6 Å². The molecule has 1 unspecified atom stereocenters. The summed E-state index contributed by atoms with van der Waals surface area (Å²) in [6.45, 7) is 8.84. The molecule has 0 spiro atoms.